The normalized spacial score (nSPS) is 10.6. The van der Waals surface area contributed by atoms with Gasteiger partial charge in [-0.25, -0.2) is 0 Å². The van der Waals surface area contributed by atoms with Crippen molar-refractivity contribution in [1.29, 1.82) is 0 Å². The van der Waals surface area contributed by atoms with E-state index in [1.165, 1.54) is 0 Å². The highest BCUT2D eigenvalue weighted by molar-refractivity contribution is 7.10. The van der Waals surface area contributed by atoms with Crippen LogP contribution in [0.25, 0.3) is 0 Å². The maximum atomic E-state index is 11.0. The highest BCUT2D eigenvalue weighted by Gasteiger charge is 2.13. The lowest BCUT2D eigenvalue weighted by molar-refractivity contribution is -0.119. The minimum absolute atomic E-state index is 0.0870. The van der Waals surface area contributed by atoms with Crippen LogP contribution < -0.4 is 5.73 Å². The van der Waals surface area contributed by atoms with Crippen LogP contribution in [0.2, 0.25) is 0 Å². The van der Waals surface area contributed by atoms with E-state index in [9.17, 15) is 4.79 Å². The molecule has 1 aromatic heterocycles. The number of nitrogens with zero attached hydrogens (tertiary/aromatic N) is 1. The number of amides is 1. The lowest BCUT2D eigenvalue weighted by atomic mass is 10.2. The molecule has 0 aliphatic carbocycles. The van der Waals surface area contributed by atoms with Crippen molar-refractivity contribution in [2.24, 2.45) is 5.73 Å². The van der Waals surface area contributed by atoms with E-state index in [0.29, 0.717) is 13.0 Å². The van der Waals surface area contributed by atoms with Crippen molar-refractivity contribution < 1.29 is 9.90 Å². The summed E-state index contributed by atoms with van der Waals surface area (Å²) in [4.78, 5) is 14.2. The van der Waals surface area contributed by atoms with E-state index in [-0.39, 0.29) is 25.1 Å². The second-order valence-electron chi connectivity index (χ2n) is 4.54. The Balaban J connectivity index is 2.65. The summed E-state index contributed by atoms with van der Waals surface area (Å²) in [6, 6.07) is 2.28. The summed E-state index contributed by atoms with van der Waals surface area (Å²) < 4.78 is 0. The third kappa shape index (κ3) is 5.88. The molecule has 0 bridgehead atoms. The van der Waals surface area contributed by atoms with Gasteiger partial charge in [0.1, 0.15) is 0 Å². The topological polar surface area (TPSA) is 66.6 Å². The summed E-state index contributed by atoms with van der Waals surface area (Å²) in [6.07, 6.45) is 0.491. The molecule has 4 nitrogen and oxygen atoms in total. The molecule has 1 rings (SSSR count). The minimum Gasteiger partial charge on any atom is -0.395 e. The van der Waals surface area contributed by atoms with Crippen molar-refractivity contribution >= 4 is 17.2 Å². The molecule has 3 N–H and O–H groups in total. The Hall–Kier alpha value is -1.35. The van der Waals surface area contributed by atoms with Crippen molar-refractivity contribution in [3.8, 4) is 11.8 Å². The van der Waals surface area contributed by atoms with Crippen molar-refractivity contribution in [2.75, 3.05) is 13.2 Å². The zero-order chi connectivity index (χ0) is 14.3. The standard InChI is InChI=1S/C14H20N2O2S/c1-11(2)16(9-14(15)18)8-13-7-12(10-19-13)5-3-4-6-17/h7,10-11,17H,4,6,8-9H2,1-2H3,(H2,15,18). The molecular formula is C14H20N2O2S. The summed E-state index contributed by atoms with van der Waals surface area (Å²) >= 11 is 1.62. The third-order valence-electron chi connectivity index (χ3n) is 2.57. The lowest BCUT2D eigenvalue weighted by Crippen LogP contribution is -2.37. The number of carbonyl (C=O) groups is 1. The SMILES string of the molecule is CC(C)N(CC(N)=O)Cc1cc(C#CCCO)cs1. The van der Waals surface area contributed by atoms with Gasteiger partial charge in [0, 0.05) is 34.8 Å². The summed E-state index contributed by atoms with van der Waals surface area (Å²) in [6.45, 7) is 5.13. The fourth-order valence-corrected chi connectivity index (χ4v) is 2.41. The van der Waals surface area contributed by atoms with E-state index >= 15 is 0 Å². The molecule has 0 aliphatic heterocycles. The largest absolute Gasteiger partial charge is 0.395 e. The molecule has 0 unspecified atom stereocenters. The van der Waals surface area contributed by atoms with E-state index < -0.39 is 0 Å². The zero-order valence-electron chi connectivity index (χ0n) is 11.3. The highest BCUT2D eigenvalue weighted by atomic mass is 32.1. The average molecular weight is 280 g/mol. The van der Waals surface area contributed by atoms with Crippen molar-refractivity contribution in [3.63, 3.8) is 0 Å². The fourth-order valence-electron chi connectivity index (χ4n) is 1.57. The predicted octanol–water partition coefficient (Wildman–Crippen LogP) is 1.18. The first kappa shape index (κ1) is 15.7. The smallest absolute Gasteiger partial charge is 0.231 e. The third-order valence-corrected chi connectivity index (χ3v) is 3.49. The van der Waals surface area contributed by atoms with Gasteiger partial charge in [-0.05, 0) is 19.9 Å². The Kier molecular flexibility index (Phi) is 6.57. The molecule has 0 saturated heterocycles. The van der Waals surface area contributed by atoms with Crippen LogP contribution >= 0.6 is 11.3 Å². The number of primary amides is 1. The summed E-state index contributed by atoms with van der Waals surface area (Å²) in [5.41, 5.74) is 6.20. The maximum absolute atomic E-state index is 11.0. The molecule has 0 aromatic carbocycles. The molecule has 0 atom stereocenters. The number of nitrogens with two attached hydrogens (primary N) is 1. The molecule has 1 amide bonds. The van der Waals surface area contributed by atoms with Crippen LogP contribution in [0.5, 0.6) is 0 Å². The fraction of sp³-hybridized carbons (Fsp3) is 0.500. The van der Waals surface area contributed by atoms with Crippen molar-refractivity contribution in [3.05, 3.63) is 21.9 Å². The molecule has 5 heteroatoms. The van der Waals surface area contributed by atoms with E-state index in [1.807, 2.05) is 30.2 Å². The van der Waals surface area contributed by atoms with Gasteiger partial charge in [0.05, 0.1) is 13.2 Å². The maximum Gasteiger partial charge on any atom is 0.231 e. The van der Waals surface area contributed by atoms with Crippen LogP contribution in [0, 0.1) is 11.8 Å². The molecule has 0 aliphatic rings. The van der Waals surface area contributed by atoms with Gasteiger partial charge in [0.2, 0.25) is 5.91 Å². The number of aliphatic hydroxyl groups excluding tert-OH is 1. The van der Waals surface area contributed by atoms with Gasteiger partial charge >= 0.3 is 0 Å². The van der Waals surface area contributed by atoms with Gasteiger partial charge in [-0.2, -0.15) is 0 Å². The molecule has 104 valence electrons. The quantitative estimate of drug-likeness (QED) is 0.769. The second-order valence-corrected chi connectivity index (χ2v) is 5.54. The van der Waals surface area contributed by atoms with Gasteiger partial charge < -0.3 is 10.8 Å². The predicted molar refractivity (Wildman–Crippen MR) is 77.6 cm³/mol. The van der Waals surface area contributed by atoms with Gasteiger partial charge in [-0.3, -0.25) is 9.69 Å². The average Bonchev–Trinajstić information content (AvgIpc) is 2.76. The Morgan fingerprint density at radius 2 is 2.32 bits per heavy atom. The first-order valence-corrected chi connectivity index (χ1v) is 7.10. The number of carbonyl (C=O) groups excluding carboxylic acids is 1. The van der Waals surface area contributed by atoms with Crippen molar-refractivity contribution in [1.82, 2.24) is 4.90 Å². The van der Waals surface area contributed by atoms with E-state index in [1.54, 1.807) is 11.3 Å². The zero-order valence-corrected chi connectivity index (χ0v) is 12.2. The molecule has 0 radical (unpaired) electrons. The molecule has 0 spiro atoms. The van der Waals surface area contributed by atoms with Gasteiger partial charge in [0.25, 0.3) is 0 Å². The van der Waals surface area contributed by atoms with Crippen LogP contribution in [-0.4, -0.2) is 35.1 Å². The van der Waals surface area contributed by atoms with Gasteiger partial charge in [-0.15, -0.1) is 11.3 Å². The lowest BCUT2D eigenvalue weighted by Gasteiger charge is -2.24. The number of thiophene rings is 1. The molecule has 0 fully saturated rings. The Labute approximate surface area is 118 Å². The first-order chi connectivity index (χ1) is 9.02. The van der Waals surface area contributed by atoms with Crippen LogP contribution in [0.1, 0.15) is 30.7 Å². The Morgan fingerprint density at radius 1 is 1.58 bits per heavy atom. The molecule has 1 heterocycles. The van der Waals surface area contributed by atoms with E-state index in [4.69, 9.17) is 10.8 Å². The first-order valence-electron chi connectivity index (χ1n) is 6.22. The van der Waals surface area contributed by atoms with E-state index in [2.05, 4.69) is 11.8 Å². The number of hydrogen-bond donors (Lipinski definition) is 2. The van der Waals surface area contributed by atoms with Gasteiger partial charge in [0.15, 0.2) is 0 Å². The van der Waals surface area contributed by atoms with Crippen LogP contribution in [-0.2, 0) is 11.3 Å². The number of rotatable bonds is 6. The highest BCUT2D eigenvalue weighted by Crippen LogP contribution is 2.17. The van der Waals surface area contributed by atoms with Gasteiger partial charge in [-0.1, -0.05) is 11.8 Å². The number of aliphatic hydroxyl groups is 1. The number of hydrogen-bond acceptors (Lipinski definition) is 4. The Morgan fingerprint density at radius 3 is 2.89 bits per heavy atom. The van der Waals surface area contributed by atoms with Crippen molar-refractivity contribution in [2.45, 2.75) is 32.9 Å². The summed E-state index contributed by atoms with van der Waals surface area (Å²) in [5.74, 6) is 5.58. The second kappa shape index (κ2) is 7.95. The molecule has 0 saturated carbocycles. The molecule has 1 aromatic rings. The van der Waals surface area contributed by atoms with Crippen LogP contribution in [0.15, 0.2) is 11.4 Å². The summed E-state index contributed by atoms with van der Waals surface area (Å²) in [5, 5.41) is 10.7. The van der Waals surface area contributed by atoms with Crippen LogP contribution in [0.3, 0.4) is 0 Å². The summed E-state index contributed by atoms with van der Waals surface area (Å²) in [7, 11) is 0. The monoisotopic (exact) mass is 280 g/mol. The molecular weight excluding hydrogens is 260 g/mol. The van der Waals surface area contributed by atoms with Crippen LogP contribution in [0.4, 0.5) is 0 Å². The minimum atomic E-state index is -0.312. The molecule has 19 heavy (non-hydrogen) atoms. The van der Waals surface area contributed by atoms with E-state index in [0.717, 1.165) is 10.4 Å². The Bertz CT molecular complexity index is 471.